The van der Waals surface area contributed by atoms with Crippen molar-refractivity contribution in [3.63, 3.8) is 0 Å². The van der Waals surface area contributed by atoms with Crippen molar-refractivity contribution >= 4 is 10.0 Å². The van der Waals surface area contributed by atoms with Gasteiger partial charge in [-0.05, 0) is 31.9 Å². The summed E-state index contributed by atoms with van der Waals surface area (Å²) in [4.78, 5) is 0. The highest BCUT2D eigenvalue weighted by molar-refractivity contribution is 7.89. The molecular formula is C12H19NO3S. The lowest BCUT2D eigenvalue weighted by atomic mass is 10.1. The zero-order valence-corrected chi connectivity index (χ0v) is 11.3. The Balaban J connectivity index is 2.71. The lowest BCUT2D eigenvalue weighted by Gasteiger charge is -2.15. The Morgan fingerprint density at radius 3 is 2.59 bits per heavy atom. The number of methoxy groups -OCH3 is 1. The highest BCUT2D eigenvalue weighted by Crippen LogP contribution is 2.18. The van der Waals surface area contributed by atoms with Crippen molar-refractivity contribution in [1.82, 2.24) is 4.72 Å². The fraction of sp³-hybridized carbons (Fsp3) is 0.500. The summed E-state index contributed by atoms with van der Waals surface area (Å²) in [5, 5.41) is 0. The predicted octanol–water partition coefficient (Wildman–Crippen LogP) is 1.57. The van der Waals surface area contributed by atoms with Gasteiger partial charge in [-0.25, -0.2) is 13.1 Å². The van der Waals surface area contributed by atoms with E-state index in [4.69, 9.17) is 4.74 Å². The molecule has 0 aliphatic carbocycles. The van der Waals surface area contributed by atoms with Crippen molar-refractivity contribution in [2.75, 3.05) is 12.9 Å². The number of sulfonamides is 1. The van der Waals surface area contributed by atoms with Gasteiger partial charge < -0.3 is 4.74 Å². The number of hydrogen-bond acceptors (Lipinski definition) is 3. The van der Waals surface area contributed by atoms with Crippen molar-refractivity contribution in [3.8, 4) is 5.75 Å². The average Bonchev–Trinajstić information content (AvgIpc) is 2.29. The molecule has 0 spiro atoms. The molecule has 1 atom stereocenters. The van der Waals surface area contributed by atoms with Crippen LogP contribution in [-0.4, -0.2) is 27.3 Å². The van der Waals surface area contributed by atoms with Gasteiger partial charge in [0.2, 0.25) is 10.0 Å². The van der Waals surface area contributed by atoms with Crippen molar-refractivity contribution in [2.24, 2.45) is 0 Å². The minimum Gasteiger partial charge on any atom is -0.496 e. The quantitative estimate of drug-likeness (QED) is 0.841. The first-order chi connectivity index (χ1) is 7.98. The highest BCUT2D eigenvalue weighted by atomic mass is 32.2. The molecule has 0 bridgehead atoms. The van der Waals surface area contributed by atoms with E-state index in [2.05, 4.69) is 4.72 Å². The maximum absolute atomic E-state index is 11.4. The second kappa shape index (κ2) is 6.02. The number of rotatable bonds is 6. The summed E-state index contributed by atoms with van der Waals surface area (Å²) in [5.74, 6) is 0.888. The molecule has 4 nitrogen and oxygen atoms in total. The molecule has 0 aliphatic rings. The summed E-state index contributed by atoms with van der Waals surface area (Å²) in [6.07, 6.45) is 0.614. The van der Waals surface area contributed by atoms with Gasteiger partial charge in [-0.1, -0.05) is 18.2 Å². The molecule has 0 heterocycles. The molecule has 96 valence electrons. The third kappa shape index (κ3) is 4.36. The molecule has 0 radical (unpaired) electrons. The summed E-state index contributed by atoms with van der Waals surface area (Å²) in [7, 11) is -1.54. The minimum atomic E-state index is -3.15. The van der Waals surface area contributed by atoms with Crippen LogP contribution in [0, 0.1) is 0 Å². The van der Waals surface area contributed by atoms with Gasteiger partial charge in [0.05, 0.1) is 12.9 Å². The minimum absolute atomic E-state index is 0.100. The number of hydrogen-bond donors (Lipinski definition) is 1. The van der Waals surface area contributed by atoms with Gasteiger partial charge in [0.15, 0.2) is 0 Å². The third-order valence-electron chi connectivity index (χ3n) is 2.48. The van der Waals surface area contributed by atoms with Crippen LogP contribution in [0.1, 0.15) is 19.4 Å². The van der Waals surface area contributed by atoms with Crippen LogP contribution in [0.5, 0.6) is 5.75 Å². The van der Waals surface area contributed by atoms with E-state index in [1.54, 1.807) is 14.0 Å². The zero-order valence-electron chi connectivity index (χ0n) is 10.4. The molecule has 0 unspecified atom stereocenters. The van der Waals surface area contributed by atoms with Crippen LogP contribution in [-0.2, 0) is 16.4 Å². The molecule has 17 heavy (non-hydrogen) atoms. The third-order valence-corrected chi connectivity index (χ3v) is 4.00. The molecule has 0 aliphatic heterocycles. The van der Waals surface area contributed by atoms with E-state index in [0.29, 0.717) is 6.42 Å². The molecule has 0 aromatic heterocycles. The van der Waals surface area contributed by atoms with Crippen LogP contribution in [0.2, 0.25) is 0 Å². The fourth-order valence-corrected chi connectivity index (χ4v) is 2.50. The number of nitrogens with one attached hydrogen (secondary N) is 1. The van der Waals surface area contributed by atoms with Crippen molar-refractivity contribution in [3.05, 3.63) is 29.8 Å². The van der Waals surface area contributed by atoms with E-state index in [-0.39, 0.29) is 11.8 Å². The van der Waals surface area contributed by atoms with E-state index in [1.165, 1.54) is 0 Å². The Morgan fingerprint density at radius 1 is 1.35 bits per heavy atom. The lowest BCUT2D eigenvalue weighted by molar-refractivity contribution is 0.407. The number of para-hydroxylation sites is 1. The maximum Gasteiger partial charge on any atom is 0.211 e. The predicted molar refractivity (Wildman–Crippen MR) is 68.8 cm³/mol. The van der Waals surface area contributed by atoms with Crippen LogP contribution in [0.4, 0.5) is 0 Å². The molecule has 0 amide bonds. The fourth-order valence-electron chi connectivity index (χ4n) is 1.63. The van der Waals surface area contributed by atoms with Crippen LogP contribution >= 0.6 is 0 Å². The van der Waals surface area contributed by atoms with Gasteiger partial charge in [-0.2, -0.15) is 0 Å². The summed E-state index contributed by atoms with van der Waals surface area (Å²) in [5.41, 5.74) is 1.00. The van der Waals surface area contributed by atoms with Gasteiger partial charge >= 0.3 is 0 Å². The largest absolute Gasteiger partial charge is 0.496 e. The van der Waals surface area contributed by atoms with E-state index < -0.39 is 10.0 Å². The molecule has 5 heteroatoms. The molecule has 0 fully saturated rings. The highest BCUT2D eigenvalue weighted by Gasteiger charge is 2.13. The lowest BCUT2D eigenvalue weighted by Crippen LogP contribution is -2.35. The second-order valence-electron chi connectivity index (χ2n) is 3.94. The molecule has 1 aromatic rings. The topological polar surface area (TPSA) is 55.4 Å². The van der Waals surface area contributed by atoms with E-state index >= 15 is 0 Å². The van der Waals surface area contributed by atoms with E-state index in [1.807, 2.05) is 31.2 Å². The van der Waals surface area contributed by atoms with Gasteiger partial charge in [0.25, 0.3) is 0 Å². The molecule has 1 N–H and O–H groups in total. The Kier molecular flexibility index (Phi) is 4.96. The molecule has 1 rings (SSSR count). The first-order valence-corrected chi connectivity index (χ1v) is 7.25. The van der Waals surface area contributed by atoms with Gasteiger partial charge in [-0.3, -0.25) is 0 Å². The Hall–Kier alpha value is -1.07. The Bertz CT molecular complexity index is 457. The van der Waals surface area contributed by atoms with Crippen molar-refractivity contribution < 1.29 is 13.2 Å². The van der Waals surface area contributed by atoms with Crippen molar-refractivity contribution in [2.45, 2.75) is 26.3 Å². The normalized spacial score (nSPS) is 13.4. The SMILES string of the molecule is CCS(=O)(=O)N[C@@H](C)Cc1ccccc1OC. The van der Waals surface area contributed by atoms with E-state index in [9.17, 15) is 8.42 Å². The van der Waals surface area contributed by atoms with Crippen LogP contribution in [0.25, 0.3) is 0 Å². The average molecular weight is 257 g/mol. The Morgan fingerprint density at radius 2 is 2.00 bits per heavy atom. The number of ether oxygens (including phenoxy) is 1. The molecular weight excluding hydrogens is 238 g/mol. The van der Waals surface area contributed by atoms with Gasteiger partial charge in [0.1, 0.15) is 5.75 Å². The first-order valence-electron chi connectivity index (χ1n) is 5.60. The monoisotopic (exact) mass is 257 g/mol. The van der Waals surface area contributed by atoms with Crippen LogP contribution < -0.4 is 9.46 Å². The van der Waals surface area contributed by atoms with Crippen LogP contribution in [0.15, 0.2) is 24.3 Å². The summed E-state index contributed by atoms with van der Waals surface area (Å²) < 4.78 is 30.7. The Labute approximate surface area is 103 Å². The second-order valence-corrected chi connectivity index (χ2v) is 5.98. The standard InChI is InChI=1S/C12H19NO3S/c1-4-17(14,15)13-10(2)9-11-7-5-6-8-12(11)16-3/h5-8,10,13H,4,9H2,1-3H3/t10-/m0/s1. The van der Waals surface area contributed by atoms with E-state index in [0.717, 1.165) is 11.3 Å². The van der Waals surface area contributed by atoms with Crippen molar-refractivity contribution in [1.29, 1.82) is 0 Å². The summed E-state index contributed by atoms with van der Waals surface area (Å²) in [6, 6.07) is 7.48. The molecule has 1 aromatic carbocycles. The van der Waals surface area contributed by atoms with Gasteiger partial charge in [0, 0.05) is 6.04 Å². The first kappa shape index (κ1) is 14.0. The summed E-state index contributed by atoms with van der Waals surface area (Å²) >= 11 is 0. The van der Waals surface area contributed by atoms with Gasteiger partial charge in [-0.15, -0.1) is 0 Å². The molecule has 0 saturated heterocycles. The van der Waals surface area contributed by atoms with Crippen LogP contribution in [0.3, 0.4) is 0 Å². The summed E-state index contributed by atoms with van der Waals surface area (Å²) in [6.45, 7) is 3.47. The smallest absolute Gasteiger partial charge is 0.211 e. The molecule has 0 saturated carbocycles. The zero-order chi connectivity index (χ0) is 12.9. The number of benzene rings is 1. The maximum atomic E-state index is 11.4.